The first-order valence-corrected chi connectivity index (χ1v) is 6.54. The van der Waals surface area contributed by atoms with E-state index >= 15 is 0 Å². The molecule has 2 atom stereocenters. The van der Waals surface area contributed by atoms with E-state index in [0.29, 0.717) is 5.92 Å². The Hall–Kier alpha value is -1.41. The Morgan fingerprint density at radius 3 is 2.44 bits per heavy atom. The SMILES string of the molecule is Cc1ccc2cc(C(O)C(C)C(C)C)ccc2n1. The van der Waals surface area contributed by atoms with E-state index in [9.17, 15) is 5.11 Å². The van der Waals surface area contributed by atoms with Crippen molar-refractivity contribution in [2.45, 2.75) is 33.8 Å². The summed E-state index contributed by atoms with van der Waals surface area (Å²) < 4.78 is 0. The van der Waals surface area contributed by atoms with E-state index < -0.39 is 6.10 Å². The number of aromatic nitrogens is 1. The number of nitrogens with zero attached hydrogens (tertiary/aromatic N) is 1. The van der Waals surface area contributed by atoms with Crippen molar-refractivity contribution >= 4 is 10.9 Å². The average molecular weight is 243 g/mol. The molecule has 0 aliphatic rings. The first kappa shape index (κ1) is 13.0. The van der Waals surface area contributed by atoms with E-state index in [1.165, 1.54) is 0 Å². The number of aliphatic hydroxyl groups is 1. The van der Waals surface area contributed by atoms with E-state index in [2.05, 4.69) is 31.8 Å². The molecule has 2 unspecified atom stereocenters. The van der Waals surface area contributed by atoms with Crippen LogP contribution < -0.4 is 0 Å². The van der Waals surface area contributed by atoms with E-state index in [1.54, 1.807) is 0 Å². The molecular weight excluding hydrogens is 222 g/mol. The lowest BCUT2D eigenvalue weighted by Gasteiger charge is -2.22. The molecule has 2 nitrogen and oxygen atoms in total. The molecule has 0 aliphatic heterocycles. The minimum absolute atomic E-state index is 0.251. The van der Waals surface area contributed by atoms with E-state index in [0.717, 1.165) is 22.2 Å². The van der Waals surface area contributed by atoms with Crippen LogP contribution in [0.1, 0.15) is 38.1 Å². The van der Waals surface area contributed by atoms with E-state index in [1.807, 2.05) is 31.2 Å². The molecule has 96 valence electrons. The number of aryl methyl sites for hydroxylation is 1. The Morgan fingerprint density at radius 1 is 1.06 bits per heavy atom. The van der Waals surface area contributed by atoms with Gasteiger partial charge >= 0.3 is 0 Å². The fourth-order valence-electron chi connectivity index (χ4n) is 2.10. The van der Waals surface area contributed by atoms with Crippen LogP contribution in [0.2, 0.25) is 0 Å². The number of hydrogen-bond donors (Lipinski definition) is 1. The minimum Gasteiger partial charge on any atom is -0.388 e. The Balaban J connectivity index is 2.38. The van der Waals surface area contributed by atoms with Crippen LogP contribution in [0, 0.1) is 18.8 Å². The van der Waals surface area contributed by atoms with Crippen LogP contribution in [-0.2, 0) is 0 Å². The predicted octanol–water partition coefficient (Wildman–Crippen LogP) is 3.87. The molecule has 0 aliphatic carbocycles. The lowest BCUT2D eigenvalue weighted by molar-refractivity contribution is 0.0922. The predicted molar refractivity (Wildman–Crippen MR) is 75.4 cm³/mol. The van der Waals surface area contributed by atoms with Crippen molar-refractivity contribution in [2.75, 3.05) is 0 Å². The highest BCUT2D eigenvalue weighted by molar-refractivity contribution is 5.79. The summed E-state index contributed by atoms with van der Waals surface area (Å²) in [6.07, 6.45) is -0.407. The zero-order chi connectivity index (χ0) is 13.3. The van der Waals surface area contributed by atoms with Crippen LogP contribution in [0.25, 0.3) is 10.9 Å². The van der Waals surface area contributed by atoms with Gasteiger partial charge in [0, 0.05) is 11.1 Å². The maximum Gasteiger partial charge on any atom is 0.0818 e. The maximum absolute atomic E-state index is 10.4. The van der Waals surface area contributed by atoms with Gasteiger partial charge in [-0.1, -0.05) is 32.9 Å². The van der Waals surface area contributed by atoms with Crippen LogP contribution >= 0.6 is 0 Å². The summed E-state index contributed by atoms with van der Waals surface area (Å²) in [5.41, 5.74) is 2.99. The van der Waals surface area contributed by atoms with Crippen LogP contribution in [0.5, 0.6) is 0 Å². The topological polar surface area (TPSA) is 33.1 Å². The molecule has 0 saturated heterocycles. The third kappa shape index (κ3) is 2.54. The molecule has 1 aromatic carbocycles. The Kier molecular flexibility index (Phi) is 3.67. The zero-order valence-corrected chi connectivity index (χ0v) is 11.5. The molecule has 2 rings (SSSR count). The number of hydrogen-bond acceptors (Lipinski definition) is 2. The molecule has 0 radical (unpaired) electrons. The van der Waals surface area contributed by atoms with Crippen LogP contribution in [0.4, 0.5) is 0 Å². The molecule has 0 spiro atoms. The van der Waals surface area contributed by atoms with E-state index in [-0.39, 0.29) is 5.92 Å². The number of fused-ring (bicyclic) bond motifs is 1. The summed E-state index contributed by atoms with van der Waals surface area (Å²) in [7, 11) is 0. The van der Waals surface area contributed by atoms with Crippen molar-refractivity contribution in [3.8, 4) is 0 Å². The first-order valence-electron chi connectivity index (χ1n) is 6.54. The fraction of sp³-hybridized carbons (Fsp3) is 0.438. The normalized spacial score (nSPS) is 15.0. The van der Waals surface area contributed by atoms with Gasteiger partial charge in [0.15, 0.2) is 0 Å². The molecular formula is C16H21NO. The lowest BCUT2D eigenvalue weighted by atomic mass is 9.88. The lowest BCUT2D eigenvalue weighted by Crippen LogP contribution is -2.14. The highest BCUT2D eigenvalue weighted by Crippen LogP contribution is 2.29. The van der Waals surface area contributed by atoms with Gasteiger partial charge in [-0.3, -0.25) is 4.98 Å². The molecule has 1 aromatic heterocycles. The maximum atomic E-state index is 10.4. The third-order valence-corrected chi connectivity index (χ3v) is 3.74. The summed E-state index contributed by atoms with van der Waals surface area (Å²) in [6.45, 7) is 8.36. The largest absolute Gasteiger partial charge is 0.388 e. The standard InChI is InChI=1S/C16H21NO/c1-10(2)12(4)16(18)14-7-8-15-13(9-14)6-5-11(3)17-15/h5-10,12,16,18H,1-4H3. The van der Waals surface area contributed by atoms with Gasteiger partial charge in [0.25, 0.3) is 0 Å². The van der Waals surface area contributed by atoms with E-state index in [4.69, 9.17) is 0 Å². The highest BCUT2D eigenvalue weighted by atomic mass is 16.3. The van der Waals surface area contributed by atoms with Gasteiger partial charge < -0.3 is 5.11 Å². The second-order valence-electron chi connectivity index (χ2n) is 5.45. The highest BCUT2D eigenvalue weighted by Gasteiger charge is 2.19. The smallest absolute Gasteiger partial charge is 0.0818 e. The van der Waals surface area contributed by atoms with Crippen molar-refractivity contribution in [3.63, 3.8) is 0 Å². The molecule has 1 N–H and O–H groups in total. The second kappa shape index (κ2) is 5.07. The summed E-state index contributed by atoms with van der Waals surface area (Å²) >= 11 is 0. The molecule has 2 heteroatoms. The Morgan fingerprint density at radius 2 is 1.78 bits per heavy atom. The van der Waals surface area contributed by atoms with Gasteiger partial charge in [-0.15, -0.1) is 0 Å². The summed E-state index contributed by atoms with van der Waals surface area (Å²) in [4.78, 5) is 4.47. The van der Waals surface area contributed by atoms with Crippen LogP contribution in [-0.4, -0.2) is 10.1 Å². The second-order valence-corrected chi connectivity index (χ2v) is 5.45. The molecule has 0 bridgehead atoms. The molecule has 2 aromatic rings. The Bertz CT molecular complexity index is 548. The average Bonchev–Trinajstić information content (AvgIpc) is 2.36. The number of benzene rings is 1. The van der Waals surface area contributed by atoms with Gasteiger partial charge in [-0.2, -0.15) is 0 Å². The van der Waals surface area contributed by atoms with Crippen LogP contribution in [0.15, 0.2) is 30.3 Å². The van der Waals surface area contributed by atoms with Crippen molar-refractivity contribution in [1.82, 2.24) is 4.98 Å². The minimum atomic E-state index is -0.407. The molecule has 1 heterocycles. The number of aliphatic hydroxyl groups excluding tert-OH is 1. The first-order chi connectivity index (χ1) is 8.49. The van der Waals surface area contributed by atoms with Crippen molar-refractivity contribution in [2.24, 2.45) is 11.8 Å². The fourth-order valence-corrected chi connectivity index (χ4v) is 2.10. The summed E-state index contributed by atoms with van der Waals surface area (Å²) in [5, 5.41) is 11.4. The van der Waals surface area contributed by atoms with Crippen LogP contribution in [0.3, 0.4) is 0 Å². The van der Waals surface area contributed by atoms with Gasteiger partial charge in [0.1, 0.15) is 0 Å². The number of pyridine rings is 1. The molecule has 0 saturated carbocycles. The van der Waals surface area contributed by atoms with Gasteiger partial charge in [0.05, 0.1) is 11.6 Å². The number of rotatable bonds is 3. The monoisotopic (exact) mass is 243 g/mol. The Labute approximate surface area is 109 Å². The van der Waals surface area contributed by atoms with Gasteiger partial charge in [-0.05, 0) is 42.5 Å². The summed E-state index contributed by atoms with van der Waals surface area (Å²) in [6, 6.07) is 10.1. The summed E-state index contributed by atoms with van der Waals surface area (Å²) in [5.74, 6) is 0.715. The van der Waals surface area contributed by atoms with Gasteiger partial charge in [-0.25, -0.2) is 0 Å². The molecule has 0 fully saturated rings. The molecule has 0 amide bonds. The van der Waals surface area contributed by atoms with Crippen molar-refractivity contribution < 1.29 is 5.11 Å². The zero-order valence-electron chi connectivity index (χ0n) is 11.5. The quantitative estimate of drug-likeness (QED) is 0.887. The van der Waals surface area contributed by atoms with Crippen molar-refractivity contribution in [3.05, 3.63) is 41.6 Å². The molecule has 18 heavy (non-hydrogen) atoms. The van der Waals surface area contributed by atoms with Crippen molar-refractivity contribution in [1.29, 1.82) is 0 Å². The van der Waals surface area contributed by atoms with Gasteiger partial charge in [0.2, 0.25) is 0 Å². The third-order valence-electron chi connectivity index (χ3n) is 3.74.